The van der Waals surface area contributed by atoms with E-state index in [-0.39, 0.29) is 19.1 Å². The predicted molar refractivity (Wildman–Crippen MR) is 71.5 cm³/mol. The number of nitrogens with zero attached hydrogens (tertiary/aromatic N) is 1. The van der Waals surface area contributed by atoms with Crippen LogP contribution in [0.5, 0.6) is 0 Å². The van der Waals surface area contributed by atoms with Crippen LogP contribution in [0.25, 0.3) is 0 Å². The van der Waals surface area contributed by atoms with E-state index in [0.717, 1.165) is 13.1 Å². The number of nitrogens with one attached hydrogen (secondary N) is 2. The molecular weight excluding hydrogens is 266 g/mol. The standard InChI is InChI=1S/C12H23N3O5/c1-9(8-15-3-6-20-7-4-15)13-12(19)14-10(2-5-16)11(17)18/h9-10,16H,2-8H2,1H3,(H,17,18)(H2,13,14,19)/t9?,10-/m0/s1. The molecule has 2 amide bonds. The maximum Gasteiger partial charge on any atom is 0.326 e. The maximum absolute atomic E-state index is 11.7. The number of carboxylic acid groups (broad SMARTS) is 1. The molecule has 1 aliphatic heterocycles. The Kier molecular flexibility index (Phi) is 7.27. The Labute approximate surface area is 118 Å². The summed E-state index contributed by atoms with van der Waals surface area (Å²) >= 11 is 0. The molecule has 0 radical (unpaired) electrons. The minimum absolute atomic E-state index is 0.0133. The number of amides is 2. The highest BCUT2D eigenvalue weighted by Gasteiger charge is 2.21. The lowest BCUT2D eigenvalue weighted by molar-refractivity contribution is -0.139. The molecular formula is C12H23N3O5. The van der Waals surface area contributed by atoms with Gasteiger partial charge in [-0.3, -0.25) is 4.90 Å². The van der Waals surface area contributed by atoms with Crippen molar-refractivity contribution in [1.29, 1.82) is 0 Å². The van der Waals surface area contributed by atoms with Crippen molar-refractivity contribution in [2.24, 2.45) is 0 Å². The minimum atomic E-state index is -1.16. The highest BCUT2D eigenvalue weighted by atomic mass is 16.5. The Morgan fingerprint density at radius 1 is 1.30 bits per heavy atom. The quantitative estimate of drug-likeness (QED) is 0.470. The van der Waals surface area contributed by atoms with E-state index >= 15 is 0 Å². The second kappa shape index (κ2) is 8.72. The van der Waals surface area contributed by atoms with Crippen LogP contribution in [0.3, 0.4) is 0 Å². The van der Waals surface area contributed by atoms with Gasteiger partial charge in [-0.1, -0.05) is 0 Å². The molecule has 0 aromatic heterocycles. The van der Waals surface area contributed by atoms with Crippen LogP contribution in [-0.2, 0) is 9.53 Å². The predicted octanol–water partition coefficient (Wildman–Crippen LogP) is -1.16. The average Bonchev–Trinajstić information content (AvgIpc) is 2.38. The molecule has 1 aliphatic rings. The van der Waals surface area contributed by atoms with Gasteiger partial charge in [0.05, 0.1) is 13.2 Å². The van der Waals surface area contributed by atoms with Gasteiger partial charge in [0.25, 0.3) is 0 Å². The van der Waals surface area contributed by atoms with Gasteiger partial charge in [-0.15, -0.1) is 0 Å². The number of hydrogen-bond donors (Lipinski definition) is 4. The summed E-state index contributed by atoms with van der Waals surface area (Å²) < 4.78 is 5.24. The summed E-state index contributed by atoms with van der Waals surface area (Å²) in [7, 11) is 0. The second-order valence-corrected chi connectivity index (χ2v) is 4.83. The zero-order valence-corrected chi connectivity index (χ0v) is 11.7. The smallest absolute Gasteiger partial charge is 0.326 e. The van der Waals surface area contributed by atoms with Crippen molar-refractivity contribution in [3.8, 4) is 0 Å². The summed E-state index contributed by atoms with van der Waals surface area (Å²) in [6, 6.07) is -1.71. The Bertz CT molecular complexity index is 320. The van der Waals surface area contributed by atoms with E-state index in [1.807, 2.05) is 6.92 Å². The van der Waals surface area contributed by atoms with Gasteiger partial charge < -0.3 is 25.6 Å². The third-order valence-electron chi connectivity index (χ3n) is 3.03. The van der Waals surface area contributed by atoms with Crippen molar-refractivity contribution in [1.82, 2.24) is 15.5 Å². The van der Waals surface area contributed by atoms with Crippen molar-refractivity contribution < 1.29 is 24.5 Å². The van der Waals surface area contributed by atoms with E-state index in [4.69, 9.17) is 14.9 Å². The van der Waals surface area contributed by atoms with Gasteiger partial charge in [-0.05, 0) is 6.92 Å². The lowest BCUT2D eigenvalue weighted by Crippen LogP contribution is -2.52. The first-order valence-corrected chi connectivity index (χ1v) is 6.73. The van der Waals surface area contributed by atoms with Crippen molar-refractivity contribution in [2.75, 3.05) is 39.5 Å². The molecule has 0 bridgehead atoms. The van der Waals surface area contributed by atoms with Gasteiger partial charge in [0.2, 0.25) is 0 Å². The Balaban J connectivity index is 2.30. The first-order valence-electron chi connectivity index (χ1n) is 6.73. The lowest BCUT2D eigenvalue weighted by atomic mass is 10.2. The van der Waals surface area contributed by atoms with Crippen LogP contribution in [0, 0.1) is 0 Å². The first kappa shape index (κ1) is 16.7. The SMILES string of the molecule is CC(CN1CCOCC1)NC(=O)N[C@@H](CCO)C(=O)O. The third kappa shape index (κ3) is 6.18. The third-order valence-corrected chi connectivity index (χ3v) is 3.03. The molecule has 1 unspecified atom stereocenters. The number of morpholine rings is 1. The molecule has 116 valence electrons. The maximum atomic E-state index is 11.7. The minimum Gasteiger partial charge on any atom is -0.480 e. The molecule has 4 N–H and O–H groups in total. The fourth-order valence-electron chi connectivity index (χ4n) is 2.03. The van der Waals surface area contributed by atoms with E-state index in [0.29, 0.717) is 19.8 Å². The molecule has 8 heteroatoms. The van der Waals surface area contributed by atoms with Crippen molar-refractivity contribution in [2.45, 2.75) is 25.4 Å². The molecule has 8 nitrogen and oxygen atoms in total. The van der Waals surface area contributed by atoms with Gasteiger partial charge in [0, 0.05) is 38.7 Å². The summed E-state index contributed by atoms with van der Waals surface area (Å²) in [6.07, 6.45) is -0.0133. The van der Waals surface area contributed by atoms with Crippen molar-refractivity contribution in [3.05, 3.63) is 0 Å². The van der Waals surface area contributed by atoms with Crippen molar-refractivity contribution in [3.63, 3.8) is 0 Å². The summed E-state index contributed by atoms with van der Waals surface area (Å²) in [4.78, 5) is 24.7. The molecule has 0 aliphatic carbocycles. The summed E-state index contributed by atoms with van der Waals surface area (Å²) in [5.74, 6) is -1.16. The number of rotatable bonds is 7. The van der Waals surface area contributed by atoms with Crippen LogP contribution in [0.1, 0.15) is 13.3 Å². The van der Waals surface area contributed by atoms with Crippen LogP contribution in [-0.4, -0.2) is 78.7 Å². The van der Waals surface area contributed by atoms with E-state index in [1.165, 1.54) is 0 Å². The topological polar surface area (TPSA) is 111 Å². The number of carboxylic acids is 1. The number of hydrogen-bond acceptors (Lipinski definition) is 5. The number of urea groups is 1. The van der Waals surface area contributed by atoms with E-state index in [9.17, 15) is 9.59 Å². The molecule has 20 heavy (non-hydrogen) atoms. The first-order chi connectivity index (χ1) is 9.52. The molecule has 0 aromatic rings. The fourth-order valence-corrected chi connectivity index (χ4v) is 2.03. The monoisotopic (exact) mass is 289 g/mol. The van der Waals surface area contributed by atoms with E-state index in [2.05, 4.69) is 15.5 Å². The molecule has 0 aromatic carbocycles. The highest BCUT2D eigenvalue weighted by Crippen LogP contribution is 1.98. The Morgan fingerprint density at radius 2 is 1.95 bits per heavy atom. The lowest BCUT2D eigenvalue weighted by Gasteiger charge is -2.29. The molecule has 0 spiro atoms. The largest absolute Gasteiger partial charge is 0.480 e. The number of aliphatic hydroxyl groups is 1. The van der Waals surface area contributed by atoms with Crippen LogP contribution >= 0.6 is 0 Å². The van der Waals surface area contributed by atoms with Crippen LogP contribution in [0.15, 0.2) is 0 Å². The number of carbonyl (C=O) groups is 2. The molecule has 1 rings (SSSR count). The molecule has 0 saturated carbocycles. The van der Waals surface area contributed by atoms with Gasteiger partial charge in [0.1, 0.15) is 6.04 Å². The number of aliphatic carboxylic acids is 1. The van der Waals surface area contributed by atoms with Crippen LogP contribution in [0.2, 0.25) is 0 Å². The van der Waals surface area contributed by atoms with E-state index < -0.39 is 18.0 Å². The van der Waals surface area contributed by atoms with Gasteiger partial charge in [-0.2, -0.15) is 0 Å². The summed E-state index contributed by atoms with van der Waals surface area (Å²) in [5.41, 5.74) is 0. The van der Waals surface area contributed by atoms with Gasteiger partial charge in [0.15, 0.2) is 0 Å². The molecule has 2 atom stereocenters. The van der Waals surface area contributed by atoms with Gasteiger partial charge in [-0.25, -0.2) is 9.59 Å². The fraction of sp³-hybridized carbons (Fsp3) is 0.833. The average molecular weight is 289 g/mol. The summed E-state index contributed by atoms with van der Waals surface area (Å²) in [6.45, 7) is 5.30. The Morgan fingerprint density at radius 3 is 2.50 bits per heavy atom. The molecule has 1 heterocycles. The number of carbonyl (C=O) groups excluding carboxylic acids is 1. The van der Waals surface area contributed by atoms with E-state index in [1.54, 1.807) is 0 Å². The second-order valence-electron chi connectivity index (χ2n) is 4.83. The molecule has 1 saturated heterocycles. The van der Waals surface area contributed by atoms with Crippen molar-refractivity contribution >= 4 is 12.0 Å². The molecule has 1 fully saturated rings. The zero-order chi connectivity index (χ0) is 15.0. The normalized spacial score (nSPS) is 19.1. The summed E-state index contributed by atoms with van der Waals surface area (Å²) in [5, 5.41) is 22.6. The van der Waals surface area contributed by atoms with Crippen LogP contribution in [0.4, 0.5) is 4.79 Å². The van der Waals surface area contributed by atoms with Gasteiger partial charge >= 0.3 is 12.0 Å². The number of aliphatic hydroxyl groups excluding tert-OH is 1. The van der Waals surface area contributed by atoms with Crippen LogP contribution < -0.4 is 10.6 Å². The Hall–Kier alpha value is -1.38. The number of ether oxygens (including phenoxy) is 1. The zero-order valence-electron chi connectivity index (χ0n) is 11.7. The highest BCUT2D eigenvalue weighted by molar-refractivity contribution is 5.82.